The van der Waals surface area contributed by atoms with Gasteiger partial charge in [-0.3, -0.25) is 0 Å². The number of halogens is 1. The van der Waals surface area contributed by atoms with E-state index >= 15 is 0 Å². The van der Waals surface area contributed by atoms with E-state index in [2.05, 4.69) is 0 Å². The van der Waals surface area contributed by atoms with E-state index < -0.39 is 14.8 Å². The van der Waals surface area contributed by atoms with E-state index in [9.17, 15) is 4.39 Å². The van der Waals surface area contributed by atoms with E-state index in [-0.39, 0.29) is 17.4 Å². The van der Waals surface area contributed by atoms with Crippen LogP contribution in [0, 0.1) is 7.18 Å². The molecule has 2 nitrogen and oxygen atoms in total. The molecule has 0 aromatic rings. The summed E-state index contributed by atoms with van der Waals surface area (Å²) in [5, 5.41) is 0. The van der Waals surface area contributed by atoms with Crippen LogP contribution in [0.2, 0.25) is 0 Å². The summed E-state index contributed by atoms with van der Waals surface area (Å²) in [6.45, 7) is 0. The summed E-state index contributed by atoms with van der Waals surface area (Å²) in [6.07, 6.45) is 0. The van der Waals surface area contributed by atoms with Gasteiger partial charge in [-0.2, -0.15) is 7.18 Å². The van der Waals surface area contributed by atoms with Crippen LogP contribution in [0.25, 0.3) is 0 Å². The monoisotopic (exact) mass is 150 g/mol. The molecule has 0 amide bonds. The summed E-state index contributed by atoms with van der Waals surface area (Å²) in [5.41, 5.74) is 0. The molecule has 0 radical (unpaired) electrons. The first-order chi connectivity index (χ1) is 2.41. The fourth-order valence-electron chi connectivity index (χ4n) is 0. The van der Waals surface area contributed by atoms with Gasteiger partial charge in [0.15, 0.2) is 17.4 Å². The summed E-state index contributed by atoms with van der Waals surface area (Å²) in [4.78, 5) is 0. The molecule has 0 fully saturated rings. The Balaban J connectivity index is -0.0000000275. The van der Waals surface area contributed by atoms with Gasteiger partial charge in [0.25, 0.3) is 0 Å². The third-order valence-electron chi connectivity index (χ3n) is 0. The Morgan fingerprint density at radius 3 is 1.33 bits per heavy atom. The molecule has 0 aliphatic rings. The maximum absolute atomic E-state index is 9.25. The van der Waals surface area contributed by atoms with Crippen molar-refractivity contribution in [3.05, 3.63) is 7.18 Å². The molecule has 6 heavy (non-hydrogen) atoms. The Labute approximate surface area is 51.8 Å². The molecule has 0 aliphatic carbocycles. The van der Waals surface area contributed by atoms with E-state index in [0.717, 1.165) is 0 Å². The minimum absolute atomic E-state index is 0. The standard InChI is InChI=1S/CH2F.Al.Mn.2O.3H/c1-2;;;;;;;/h1H2;;;;;;;/q-1;;;;;;;. The van der Waals surface area contributed by atoms with Gasteiger partial charge in [-0.1, -0.05) is 0 Å². The second kappa shape index (κ2) is 46.8. The van der Waals surface area contributed by atoms with Gasteiger partial charge in [0, 0.05) is 0 Å². The number of hydrogen-bond acceptors (Lipinski definition) is 2. The molecule has 0 unspecified atom stereocenters. The molecular weight excluding hydrogens is 145 g/mol. The van der Waals surface area contributed by atoms with Gasteiger partial charge in [-0.25, -0.2) is 0 Å². The van der Waals surface area contributed by atoms with Crippen LogP contribution < -0.4 is 0 Å². The van der Waals surface area contributed by atoms with E-state index in [1.807, 2.05) is 0 Å². The second-order valence-corrected chi connectivity index (χ2v) is 0.260. The Hall–Kier alpha value is 0.582. The first-order valence-corrected chi connectivity index (χ1v) is 1.54. The molecule has 0 saturated heterocycles. The van der Waals surface area contributed by atoms with Gasteiger partial charge in [0.05, 0.1) is 0 Å². The Morgan fingerprint density at radius 1 is 1.33 bits per heavy atom. The predicted octanol–water partition coefficient (Wildman–Crippen LogP) is -0.677. The quantitative estimate of drug-likeness (QED) is 0.338. The van der Waals surface area contributed by atoms with Crippen molar-refractivity contribution in [1.82, 2.24) is 0 Å². The zero-order valence-corrected chi connectivity index (χ0v) is 3.46. The van der Waals surface area contributed by atoms with Gasteiger partial charge in [0.2, 0.25) is 0 Å². The summed E-state index contributed by atoms with van der Waals surface area (Å²) < 4.78 is 26.1. The minimum atomic E-state index is -1.44. The molecule has 0 spiro atoms. The molecule has 0 saturated carbocycles. The molecule has 0 aromatic heterocycles. The third-order valence-corrected chi connectivity index (χ3v) is 0. The normalized spacial score (nSPS) is 3.00. The molecule has 0 bridgehead atoms. The molecule has 5 heteroatoms. The van der Waals surface area contributed by atoms with Gasteiger partial charge < -0.3 is 4.39 Å². The average Bonchev–Trinajstić information content (AvgIpc) is 1.46. The topological polar surface area (TPSA) is 34.1 Å². The molecule has 0 N–H and O–H groups in total. The summed E-state index contributed by atoms with van der Waals surface area (Å²) in [6, 6.07) is 0. The van der Waals surface area contributed by atoms with Crippen LogP contribution in [0.5, 0.6) is 0 Å². The van der Waals surface area contributed by atoms with Crippen LogP contribution in [-0.2, 0) is 22.5 Å². The first kappa shape index (κ1) is 16.0. The molecule has 0 aliphatic heterocycles. The van der Waals surface area contributed by atoms with E-state index in [1.54, 1.807) is 7.18 Å². The molecule has 0 rings (SSSR count). The van der Waals surface area contributed by atoms with Crippen molar-refractivity contribution < 1.29 is 26.9 Å². The van der Waals surface area contributed by atoms with Crippen molar-refractivity contribution in [3.8, 4) is 0 Å². The summed E-state index contributed by atoms with van der Waals surface area (Å²) in [7, 11) is 1.75. The van der Waals surface area contributed by atoms with Crippen LogP contribution in [-0.4, -0.2) is 17.4 Å². The zero-order chi connectivity index (χ0) is 4.71. The van der Waals surface area contributed by atoms with Crippen LogP contribution in [0.3, 0.4) is 0 Å². The van der Waals surface area contributed by atoms with E-state index in [0.29, 0.717) is 0 Å². The number of hydrogen-bond donors (Lipinski definition) is 0. The van der Waals surface area contributed by atoms with Crippen LogP contribution in [0.1, 0.15) is 0 Å². The van der Waals surface area contributed by atoms with Crippen molar-refractivity contribution in [3.63, 3.8) is 0 Å². The Bertz CT molecular complexity index is 34.5. The van der Waals surface area contributed by atoms with Crippen LogP contribution in [0.4, 0.5) is 4.39 Å². The van der Waals surface area contributed by atoms with Crippen molar-refractivity contribution in [2.45, 2.75) is 0 Å². The number of rotatable bonds is 0. The van der Waals surface area contributed by atoms with Crippen molar-refractivity contribution in [1.29, 1.82) is 0 Å². The summed E-state index contributed by atoms with van der Waals surface area (Å²) in [5.74, 6) is 0. The van der Waals surface area contributed by atoms with Gasteiger partial charge in [0.1, 0.15) is 0 Å². The molecule has 0 atom stereocenters. The molecule has 0 aromatic carbocycles. The first-order valence-electron chi connectivity index (χ1n) is 0.576. The SMILES string of the molecule is [AlH3].[CH2-]F.[O]=[Mn]=[O]. The predicted molar refractivity (Wildman–Crippen MR) is 17.8 cm³/mol. The van der Waals surface area contributed by atoms with Crippen molar-refractivity contribution in [2.24, 2.45) is 0 Å². The fourth-order valence-corrected chi connectivity index (χ4v) is 0. The maximum atomic E-state index is 9.25. The average molecular weight is 150 g/mol. The van der Waals surface area contributed by atoms with Crippen molar-refractivity contribution in [2.75, 3.05) is 0 Å². The molecule has 0 heterocycles. The zero-order valence-electron chi connectivity index (χ0n) is 2.28. The van der Waals surface area contributed by atoms with Gasteiger partial charge >= 0.3 is 22.5 Å². The van der Waals surface area contributed by atoms with Crippen molar-refractivity contribution >= 4 is 17.4 Å². The van der Waals surface area contributed by atoms with Crippen LogP contribution in [0.15, 0.2) is 0 Å². The van der Waals surface area contributed by atoms with E-state index in [1.165, 1.54) is 0 Å². The summed E-state index contributed by atoms with van der Waals surface area (Å²) >= 11 is -1.44. The Kier molecular flexibility index (Phi) is 125. The van der Waals surface area contributed by atoms with Gasteiger partial charge in [-0.05, 0) is 0 Å². The van der Waals surface area contributed by atoms with Crippen LogP contribution >= 0.6 is 0 Å². The third kappa shape index (κ3) is 174. The fraction of sp³-hybridized carbons (Fsp3) is 0. The van der Waals surface area contributed by atoms with Gasteiger partial charge in [-0.15, -0.1) is 0 Å². The molecule has 39 valence electrons. The van der Waals surface area contributed by atoms with E-state index in [4.69, 9.17) is 7.67 Å². The second-order valence-electron chi connectivity index (χ2n) is 0.0630. The Morgan fingerprint density at radius 2 is 1.33 bits per heavy atom. The molecular formula is CH5AlFMnO2-.